The Bertz CT molecular complexity index is 613. The van der Waals surface area contributed by atoms with Crippen LogP contribution in [0.2, 0.25) is 0 Å². The van der Waals surface area contributed by atoms with Gasteiger partial charge in [0.25, 0.3) is 5.69 Å². The van der Waals surface area contributed by atoms with Crippen molar-refractivity contribution in [3.05, 3.63) is 58.0 Å². The Kier molecular flexibility index (Phi) is 3.25. The number of hydrogen-bond acceptors (Lipinski definition) is 5. The summed E-state index contributed by atoms with van der Waals surface area (Å²) in [4.78, 5) is 10.1. The van der Waals surface area contributed by atoms with E-state index in [4.69, 9.17) is 9.68 Å². The Balaban J connectivity index is 2.04. The fraction of sp³-hybridized carbons (Fsp3) is 0.0833. The maximum Gasteiger partial charge on any atom is 0.271 e. The quantitative estimate of drug-likeness (QED) is 0.658. The molecule has 6 heteroatoms. The number of furan rings is 1. The molecule has 0 bridgehead atoms. The first-order valence-corrected chi connectivity index (χ1v) is 5.16. The van der Waals surface area contributed by atoms with Crippen molar-refractivity contribution >= 4 is 11.4 Å². The first kappa shape index (κ1) is 11.7. The van der Waals surface area contributed by atoms with E-state index in [0.29, 0.717) is 18.0 Å². The van der Waals surface area contributed by atoms with Crippen LogP contribution >= 0.6 is 0 Å². The number of hydrogen-bond donors (Lipinski definition) is 1. The Morgan fingerprint density at radius 3 is 2.89 bits per heavy atom. The summed E-state index contributed by atoms with van der Waals surface area (Å²) in [5.74, 6) is 0.837. The molecule has 0 atom stereocenters. The average Bonchev–Trinajstić information content (AvgIpc) is 2.84. The fourth-order valence-corrected chi connectivity index (χ4v) is 1.45. The summed E-state index contributed by atoms with van der Waals surface area (Å²) < 4.78 is 5.17. The van der Waals surface area contributed by atoms with Gasteiger partial charge in [-0.3, -0.25) is 10.1 Å². The maximum absolute atomic E-state index is 10.6. The van der Waals surface area contributed by atoms with Gasteiger partial charge in [0.2, 0.25) is 5.76 Å². The number of nitriles is 1. The molecule has 1 heterocycles. The third-order valence-electron chi connectivity index (χ3n) is 2.30. The van der Waals surface area contributed by atoms with Gasteiger partial charge in [0.15, 0.2) is 0 Å². The average molecular weight is 243 g/mol. The summed E-state index contributed by atoms with van der Waals surface area (Å²) in [6.07, 6.45) is 0. The lowest BCUT2D eigenvalue weighted by Crippen LogP contribution is -1.98. The van der Waals surface area contributed by atoms with Crippen LogP contribution in [0.3, 0.4) is 0 Å². The first-order chi connectivity index (χ1) is 8.69. The largest absolute Gasteiger partial charge is 0.449 e. The van der Waals surface area contributed by atoms with Gasteiger partial charge in [0, 0.05) is 17.8 Å². The standard InChI is InChI=1S/C12H9N3O3/c13-7-11-4-5-12(18-11)8-14-9-2-1-3-10(6-9)15(16)17/h1-6,14H,8H2. The zero-order valence-corrected chi connectivity index (χ0v) is 9.29. The van der Waals surface area contributed by atoms with Crippen LogP contribution in [0, 0.1) is 21.4 Å². The zero-order chi connectivity index (χ0) is 13.0. The summed E-state index contributed by atoms with van der Waals surface area (Å²) in [6, 6.07) is 11.3. The lowest BCUT2D eigenvalue weighted by molar-refractivity contribution is -0.384. The molecule has 90 valence electrons. The lowest BCUT2D eigenvalue weighted by atomic mass is 10.3. The van der Waals surface area contributed by atoms with E-state index in [2.05, 4.69) is 5.32 Å². The van der Waals surface area contributed by atoms with Gasteiger partial charge in [-0.05, 0) is 18.2 Å². The molecule has 0 amide bonds. The van der Waals surface area contributed by atoms with Gasteiger partial charge in [-0.15, -0.1) is 0 Å². The van der Waals surface area contributed by atoms with Crippen LogP contribution in [0.5, 0.6) is 0 Å². The van der Waals surface area contributed by atoms with E-state index < -0.39 is 4.92 Å². The molecule has 0 radical (unpaired) electrons. The SMILES string of the molecule is N#Cc1ccc(CNc2cccc([N+](=O)[O-])c2)o1. The summed E-state index contributed by atoms with van der Waals surface area (Å²) in [5.41, 5.74) is 0.649. The molecule has 0 saturated heterocycles. The first-order valence-electron chi connectivity index (χ1n) is 5.16. The van der Waals surface area contributed by atoms with Gasteiger partial charge in [-0.2, -0.15) is 5.26 Å². The van der Waals surface area contributed by atoms with Crippen molar-refractivity contribution in [2.45, 2.75) is 6.54 Å². The van der Waals surface area contributed by atoms with Crippen molar-refractivity contribution in [1.29, 1.82) is 5.26 Å². The number of nitrogens with one attached hydrogen (secondary N) is 1. The number of anilines is 1. The van der Waals surface area contributed by atoms with E-state index in [9.17, 15) is 10.1 Å². The van der Waals surface area contributed by atoms with E-state index in [1.54, 1.807) is 24.3 Å². The number of benzene rings is 1. The zero-order valence-electron chi connectivity index (χ0n) is 9.29. The van der Waals surface area contributed by atoms with E-state index in [1.807, 2.05) is 6.07 Å². The number of nitro benzene ring substituents is 1. The molecular weight excluding hydrogens is 234 g/mol. The smallest absolute Gasteiger partial charge is 0.271 e. The second kappa shape index (κ2) is 5.01. The van der Waals surface area contributed by atoms with Crippen LogP contribution in [-0.4, -0.2) is 4.92 Å². The van der Waals surface area contributed by atoms with Crippen molar-refractivity contribution < 1.29 is 9.34 Å². The third kappa shape index (κ3) is 2.65. The van der Waals surface area contributed by atoms with Crippen LogP contribution in [-0.2, 0) is 6.54 Å². The molecule has 1 N–H and O–H groups in total. The van der Waals surface area contributed by atoms with Gasteiger partial charge >= 0.3 is 0 Å². The maximum atomic E-state index is 10.6. The summed E-state index contributed by atoms with van der Waals surface area (Å²) in [5, 5.41) is 22.2. The molecular formula is C12H9N3O3. The highest BCUT2D eigenvalue weighted by molar-refractivity contribution is 5.51. The normalized spacial score (nSPS) is 9.72. The van der Waals surface area contributed by atoms with Crippen molar-refractivity contribution in [2.24, 2.45) is 0 Å². The molecule has 0 aliphatic carbocycles. The Hall–Kier alpha value is -2.81. The molecule has 0 aliphatic rings. The van der Waals surface area contributed by atoms with Gasteiger partial charge in [-0.1, -0.05) is 6.07 Å². The second-order valence-electron chi connectivity index (χ2n) is 3.54. The van der Waals surface area contributed by atoms with Crippen LogP contribution in [0.1, 0.15) is 11.5 Å². The molecule has 6 nitrogen and oxygen atoms in total. The Morgan fingerprint density at radius 2 is 2.22 bits per heavy atom. The summed E-state index contributed by atoms with van der Waals surface area (Å²) in [7, 11) is 0. The van der Waals surface area contributed by atoms with Gasteiger partial charge in [0.1, 0.15) is 11.8 Å². The highest BCUT2D eigenvalue weighted by Gasteiger charge is 2.06. The fourth-order valence-electron chi connectivity index (χ4n) is 1.45. The van der Waals surface area contributed by atoms with Crippen LogP contribution in [0.15, 0.2) is 40.8 Å². The second-order valence-corrected chi connectivity index (χ2v) is 3.54. The minimum atomic E-state index is -0.453. The van der Waals surface area contributed by atoms with E-state index in [-0.39, 0.29) is 11.4 Å². The molecule has 0 spiro atoms. The summed E-state index contributed by atoms with van der Waals surface area (Å²) >= 11 is 0. The lowest BCUT2D eigenvalue weighted by Gasteiger charge is -2.03. The van der Waals surface area contributed by atoms with Gasteiger partial charge in [0.05, 0.1) is 11.5 Å². The Morgan fingerprint density at radius 1 is 1.39 bits per heavy atom. The highest BCUT2D eigenvalue weighted by atomic mass is 16.6. The Labute approximate surface area is 103 Å². The minimum Gasteiger partial charge on any atom is -0.449 e. The molecule has 0 unspecified atom stereocenters. The van der Waals surface area contributed by atoms with E-state index >= 15 is 0 Å². The number of nitro groups is 1. The highest BCUT2D eigenvalue weighted by Crippen LogP contribution is 2.18. The van der Waals surface area contributed by atoms with Crippen LogP contribution in [0.25, 0.3) is 0 Å². The monoisotopic (exact) mass is 243 g/mol. The van der Waals surface area contributed by atoms with Crippen molar-refractivity contribution in [3.63, 3.8) is 0 Å². The van der Waals surface area contributed by atoms with Crippen molar-refractivity contribution in [2.75, 3.05) is 5.32 Å². The van der Waals surface area contributed by atoms with Crippen LogP contribution in [0.4, 0.5) is 11.4 Å². The third-order valence-corrected chi connectivity index (χ3v) is 2.30. The van der Waals surface area contributed by atoms with Crippen molar-refractivity contribution in [3.8, 4) is 6.07 Å². The molecule has 0 saturated carbocycles. The predicted octanol–water partition coefficient (Wildman–Crippen LogP) is 2.67. The summed E-state index contributed by atoms with van der Waals surface area (Å²) in [6.45, 7) is 0.364. The molecule has 0 fully saturated rings. The van der Waals surface area contributed by atoms with Crippen LogP contribution < -0.4 is 5.32 Å². The molecule has 2 rings (SSSR count). The number of rotatable bonds is 4. The number of nitrogens with zero attached hydrogens (tertiary/aromatic N) is 2. The van der Waals surface area contributed by atoms with Gasteiger partial charge < -0.3 is 9.73 Å². The van der Waals surface area contributed by atoms with Gasteiger partial charge in [-0.25, -0.2) is 0 Å². The topological polar surface area (TPSA) is 92.1 Å². The minimum absolute atomic E-state index is 0.0251. The number of non-ortho nitro benzene ring substituents is 1. The molecule has 1 aromatic heterocycles. The molecule has 0 aliphatic heterocycles. The molecule has 2 aromatic rings. The van der Waals surface area contributed by atoms with E-state index in [1.165, 1.54) is 12.1 Å². The molecule has 1 aromatic carbocycles. The van der Waals surface area contributed by atoms with E-state index in [0.717, 1.165) is 0 Å². The predicted molar refractivity (Wildman–Crippen MR) is 63.8 cm³/mol. The molecule has 18 heavy (non-hydrogen) atoms. The van der Waals surface area contributed by atoms with Crippen molar-refractivity contribution in [1.82, 2.24) is 0 Å².